The van der Waals surface area contributed by atoms with E-state index in [1.54, 1.807) is 6.20 Å². The first-order valence-corrected chi connectivity index (χ1v) is 4.61. The molecule has 1 rings (SSSR count). The highest BCUT2D eigenvalue weighted by Gasteiger charge is 2.01. The van der Waals surface area contributed by atoms with Gasteiger partial charge in [0, 0.05) is 9.77 Å². The van der Waals surface area contributed by atoms with Crippen LogP contribution in [0.1, 0.15) is 5.69 Å². The summed E-state index contributed by atoms with van der Waals surface area (Å²) in [5.74, 6) is 0. The van der Waals surface area contributed by atoms with E-state index in [0.29, 0.717) is 5.69 Å². The first-order chi connectivity index (χ1) is 4.75. The van der Waals surface area contributed by atoms with Crippen LogP contribution in [-0.4, -0.2) is 4.98 Å². The van der Waals surface area contributed by atoms with Crippen LogP contribution in [0, 0.1) is 18.5 Å². The molecule has 0 saturated heterocycles. The van der Waals surface area contributed by atoms with Gasteiger partial charge < -0.3 is 0 Å². The number of pyridine rings is 1. The first-order valence-electron chi connectivity index (χ1n) is 2.46. The van der Waals surface area contributed by atoms with Crippen LogP contribution in [0.4, 0.5) is 0 Å². The molecule has 0 amide bonds. The van der Waals surface area contributed by atoms with Gasteiger partial charge in [-0.2, -0.15) is 5.26 Å². The maximum Gasteiger partial charge on any atom is 0.154 e. The van der Waals surface area contributed by atoms with Gasteiger partial charge in [0.1, 0.15) is 6.07 Å². The van der Waals surface area contributed by atoms with Gasteiger partial charge in [-0.1, -0.05) is 0 Å². The second-order valence-electron chi connectivity index (χ2n) is 1.57. The minimum Gasteiger partial charge on any atom is -0.244 e. The van der Waals surface area contributed by atoms with Crippen molar-refractivity contribution in [3.63, 3.8) is 0 Å². The third-order valence-electron chi connectivity index (χ3n) is 0.948. The number of halogens is 2. The fourth-order valence-corrected chi connectivity index (χ4v) is 1.35. The number of nitrogens with zero attached hydrogens (tertiary/aromatic N) is 2. The van der Waals surface area contributed by atoms with Crippen LogP contribution in [0.3, 0.4) is 0 Å². The van der Waals surface area contributed by atoms with Gasteiger partial charge >= 0.3 is 0 Å². The minimum atomic E-state index is 0.507. The average molecular weight is 356 g/mol. The molecule has 10 heavy (non-hydrogen) atoms. The molecule has 0 radical (unpaired) electrons. The monoisotopic (exact) mass is 356 g/mol. The largest absolute Gasteiger partial charge is 0.244 e. The summed E-state index contributed by atoms with van der Waals surface area (Å²) in [7, 11) is 0. The molecule has 0 atom stereocenters. The number of rotatable bonds is 0. The number of hydrogen-bond donors (Lipinski definition) is 0. The number of aromatic nitrogens is 1. The minimum absolute atomic E-state index is 0.507. The van der Waals surface area contributed by atoms with E-state index in [0.717, 1.165) is 7.14 Å². The van der Waals surface area contributed by atoms with E-state index in [1.807, 2.05) is 12.1 Å². The normalized spacial score (nSPS) is 8.90. The van der Waals surface area contributed by atoms with Crippen LogP contribution in [0.2, 0.25) is 0 Å². The Balaban J connectivity index is 3.31. The van der Waals surface area contributed by atoms with Crippen molar-refractivity contribution in [3.05, 3.63) is 25.1 Å². The molecule has 2 nitrogen and oxygen atoms in total. The van der Waals surface area contributed by atoms with E-state index in [9.17, 15) is 0 Å². The first kappa shape index (κ1) is 8.20. The summed E-state index contributed by atoms with van der Waals surface area (Å²) >= 11 is 4.29. The zero-order valence-electron chi connectivity index (χ0n) is 4.81. The van der Waals surface area contributed by atoms with Gasteiger partial charge in [0.15, 0.2) is 5.69 Å². The summed E-state index contributed by atoms with van der Waals surface area (Å²) in [6, 6.07) is 3.89. The highest BCUT2D eigenvalue weighted by atomic mass is 127. The molecular formula is C6H2I2N2. The van der Waals surface area contributed by atoms with Gasteiger partial charge in [0.25, 0.3) is 0 Å². The summed E-state index contributed by atoms with van der Waals surface area (Å²) in [5.41, 5.74) is 0.507. The Hall–Kier alpha value is 0.100. The van der Waals surface area contributed by atoms with E-state index >= 15 is 0 Å². The molecular weight excluding hydrogens is 354 g/mol. The Morgan fingerprint density at radius 1 is 1.50 bits per heavy atom. The van der Waals surface area contributed by atoms with Gasteiger partial charge in [0.05, 0.1) is 3.57 Å². The van der Waals surface area contributed by atoms with Crippen molar-refractivity contribution in [1.29, 1.82) is 5.26 Å². The highest BCUT2D eigenvalue weighted by Crippen LogP contribution is 2.15. The molecule has 0 saturated carbocycles. The van der Waals surface area contributed by atoms with Gasteiger partial charge in [-0.05, 0) is 51.2 Å². The second kappa shape index (κ2) is 3.48. The van der Waals surface area contributed by atoms with E-state index in [-0.39, 0.29) is 0 Å². The van der Waals surface area contributed by atoms with Gasteiger partial charge in [0.2, 0.25) is 0 Å². The quantitative estimate of drug-likeness (QED) is 0.669. The lowest BCUT2D eigenvalue weighted by Gasteiger charge is -1.94. The molecule has 0 fully saturated rings. The van der Waals surface area contributed by atoms with Crippen molar-refractivity contribution >= 4 is 45.2 Å². The molecule has 0 aliphatic carbocycles. The zero-order valence-corrected chi connectivity index (χ0v) is 9.12. The Kier molecular flexibility index (Phi) is 2.85. The lowest BCUT2D eigenvalue weighted by Crippen LogP contribution is -1.89. The smallest absolute Gasteiger partial charge is 0.154 e. The van der Waals surface area contributed by atoms with Crippen molar-refractivity contribution < 1.29 is 0 Å². The fraction of sp³-hybridized carbons (Fsp3) is 0. The third-order valence-corrected chi connectivity index (χ3v) is 3.97. The van der Waals surface area contributed by atoms with Crippen molar-refractivity contribution in [2.45, 2.75) is 0 Å². The molecule has 0 aromatic carbocycles. The summed E-state index contributed by atoms with van der Waals surface area (Å²) in [4.78, 5) is 3.88. The molecule has 0 bridgehead atoms. The van der Waals surface area contributed by atoms with Crippen LogP contribution in [-0.2, 0) is 0 Å². The Morgan fingerprint density at radius 2 is 2.20 bits per heavy atom. The zero-order chi connectivity index (χ0) is 7.56. The van der Waals surface area contributed by atoms with E-state index in [4.69, 9.17) is 5.26 Å². The Morgan fingerprint density at radius 3 is 2.70 bits per heavy atom. The summed E-state index contributed by atoms with van der Waals surface area (Å²) in [5, 5.41) is 8.52. The fourth-order valence-electron chi connectivity index (χ4n) is 0.498. The maximum absolute atomic E-state index is 8.52. The van der Waals surface area contributed by atoms with E-state index < -0.39 is 0 Å². The number of hydrogen-bond acceptors (Lipinski definition) is 2. The van der Waals surface area contributed by atoms with Crippen LogP contribution >= 0.6 is 45.2 Å². The standard InChI is InChI=1S/C6H2I2N2/c7-4-1-2-10-5(3-9)6(4)8/h1-2H. The number of nitriles is 1. The predicted octanol–water partition coefficient (Wildman–Crippen LogP) is 2.16. The molecule has 0 N–H and O–H groups in total. The topological polar surface area (TPSA) is 36.7 Å². The summed E-state index contributed by atoms with van der Waals surface area (Å²) in [6.07, 6.45) is 1.64. The summed E-state index contributed by atoms with van der Waals surface area (Å²) in [6.45, 7) is 0. The van der Waals surface area contributed by atoms with Gasteiger partial charge in [-0.25, -0.2) is 4.98 Å². The lowest BCUT2D eigenvalue weighted by atomic mass is 10.4. The van der Waals surface area contributed by atoms with Crippen LogP contribution in [0.25, 0.3) is 0 Å². The Bertz CT molecular complexity index is 290. The van der Waals surface area contributed by atoms with E-state index in [2.05, 4.69) is 50.2 Å². The molecule has 0 aliphatic heterocycles. The SMILES string of the molecule is N#Cc1nccc(I)c1I. The van der Waals surface area contributed by atoms with Crippen LogP contribution in [0.15, 0.2) is 12.3 Å². The third kappa shape index (κ3) is 1.58. The van der Waals surface area contributed by atoms with Crippen molar-refractivity contribution in [1.82, 2.24) is 4.98 Å². The van der Waals surface area contributed by atoms with Gasteiger partial charge in [-0.15, -0.1) is 0 Å². The van der Waals surface area contributed by atoms with Gasteiger partial charge in [-0.3, -0.25) is 0 Å². The second-order valence-corrected chi connectivity index (χ2v) is 3.81. The highest BCUT2D eigenvalue weighted by molar-refractivity contribution is 14.1. The van der Waals surface area contributed by atoms with Crippen LogP contribution < -0.4 is 0 Å². The molecule has 1 heterocycles. The molecule has 50 valence electrons. The lowest BCUT2D eigenvalue weighted by molar-refractivity contribution is 1.23. The van der Waals surface area contributed by atoms with Crippen molar-refractivity contribution in [3.8, 4) is 6.07 Å². The molecule has 4 heteroatoms. The van der Waals surface area contributed by atoms with E-state index in [1.165, 1.54) is 0 Å². The average Bonchev–Trinajstić information content (AvgIpc) is 1.95. The van der Waals surface area contributed by atoms with Crippen molar-refractivity contribution in [2.24, 2.45) is 0 Å². The van der Waals surface area contributed by atoms with Crippen LogP contribution in [0.5, 0.6) is 0 Å². The predicted molar refractivity (Wildman–Crippen MR) is 54.4 cm³/mol. The summed E-state index contributed by atoms with van der Waals surface area (Å²) < 4.78 is 2.01. The molecule has 0 aliphatic rings. The molecule has 0 spiro atoms. The molecule has 1 aromatic heterocycles. The maximum atomic E-state index is 8.52. The molecule has 1 aromatic rings. The Labute approximate surface area is 85.9 Å². The molecule has 0 unspecified atom stereocenters. The van der Waals surface area contributed by atoms with Crippen molar-refractivity contribution in [2.75, 3.05) is 0 Å².